The van der Waals surface area contributed by atoms with Crippen molar-refractivity contribution in [3.63, 3.8) is 0 Å². The molecule has 11 heteroatoms. The molecule has 0 N–H and O–H groups in total. The van der Waals surface area contributed by atoms with E-state index in [9.17, 15) is 17.6 Å². The predicted molar refractivity (Wildman–Crippen MR) is 135 cm³/mol. The van der Waals surface area contributed by atoms with Crippen LogP contribution in [0, 0.1) is 5.82 Å². The van der Waals surface area contributed by atoms with Crippen LogP contribution in [0.4, 0.5) is 9.18 Å². The van der Waals surface area contributed by atoms with Gasteiger partial charge in [-0.2, -0.15) is 0 Å². The SMILES string of the molecule is CS(=O)(=O)Cc1ccc(-c2ccc3c(c2)CCC2(CCN(C(=O)OCC(Cl)(Cl)Cl)CC2)O3)cc1F. The number of ether oxygens (including phenoxy) is 2. The van der Waals surface area contributed by atoms with Crippen molar-refractivity contribution in [3.05, 3.63) is 53.3 Å². The minimum Gasteiger partial charge on any atom is -0.487 e. The molecule has 0 aromatic heterocycles. The van der Waals surface area contributed by atoms with E-state index >= 15 is 0 Å². The molecule has 190 valence electrons. The Hall–Kier alpha value is -1.74. The van der Waals surface area contributed by atoms with Gasteiger partial charge in [-0.3, -0.25) is 0 Å². The quantitative estimate of drug-likeness (QED) is 0.445. The zero-order valence-corrected chi connectivity index (χ0v) is 22.1. The highest BCUT2D eigenvalue weighted by Gasteiger charge is 2.41. The Morgan fingerprint density at radius 2 is 1.77 bits per heavy atom. The van der Waals surface area contributed by atoms with Crippen LogP contribution in [0.5, 0.6) is 5.75 Å². The molecule has 2 aromatic carbocycles. The maximum atomic E-state index is 14.5. The van der Waals surface area contributed by atoms with Gasteiger partial charge < -0.3 is 14.4 Å². The Morgan fingerprint density at radius 1 is 1.11 bits per heavy atom. The summed E-state index contributed by atoms with van der Waals surface area (Å²) in [6.07, 6.45) is 3.46. The molecule has 35 heavy (non-hydrogen) atoms. The molecule has 1 fully saturated rings. The number of carbonyl (C=O) groups is 1. The number of hydrogen-bond acceptors (Lipinski definition) is 5. The summed E-state index contributed by atoms with van der Waals surface area (Å²) in [5, 5.41) is 0. The second kappa shape index (κ2) is 9.96. The summed E-state index contributed by atoms with van der Waals surface area (Å²) in [5.41, 5.74) is 2.32. The first kappa shape index (κ1) is 26.3. The van der Waals surface area contributed by atoms with Crippen LogP contribution in [-0.4, -0.2) is 54.8 Å². The van der Waals surface area contributed by atoms with Crippen molar-refractivity contribution in [2.24, 2.45) is 0 Å². The molecular formula is C24H25Cl3FNO5S. The monoisotopic (exact) mass is 563 g/mol. The molecule has 0 atom stereocenters. The number of fused-ring (bicyclic) bond motifs is 1. The number of likely N-dealkylation sites (tertiary alicyclic amines) is 1. The first-order valence-corrected chi connectivity index (χ1v) is 14.3. The summed E-state index contributed by atoms with van der Waals surface area (Å²) in [7, 11) is -3.32. The van der Waals surface area contributed by atoms with Crippen LogP contribution in [0.2, 0.25) is 0 Å². The minimum absolute atomic E-state index is 0.155. The van der Waals surface area contributed by atoms with Gasteiger partial charge in [-0.05, 0) is 47.7 Å². The van der Waals surface area contributed by atoms with Crippen LogP contribution in [-0.2, 0) is 26.7 Å². The summed E-state index contributed by atoms with van der Waals surface area (Å²) in [6.45, 7) is 0.644. The van der Waals surface area contributed by atoms with Crippen molar-refractivity contribution in [1.29, 1.82) is 0 Å². The number of hydrogen-bond donors (Lipinski definition) is 0. The molecular weight excluding hydrogens is 540 g/mol. The van der Waals surface area contributed by atoms with Crippen LogP contribution < -0.4 is 4.74 Å². The number of rotatable bonds is 4. The van der Waals surface area contributed by atoms with Gasteiger partial charge in [0.05, 0.1) is 5.75 Å². The van der Waals surface area contributed by atoms with E-state index in [0.29, 0.717) is 31.5 Å². The number of sulfone groups is 1. The second-order valence-electron chi connectivity index (χ2n) is 9.14. The Labute approximate surface area is 219 Å². The van der Waals surface area contributed by atoms with Crippen LogP contribution in [0.1, 0.15) is 30.4 Å². The Kier molecular flexibility index (Phi) is 7.49. The average molecular weight is 565 g/mol. The molecule has 2 heterocycles. The third kappa shape index (κ3) is 6.73. The first-order valence-electron chi connectivity index (χ1n) is 11.1. The third-order valence-electron chi connectivity index (χ3n) is 6.33. The highest BCUT2D eigenvalue weighted by atomic mass is 35.6. The fourth-order valence-electron chi connectivity index (χ4n) is 4.51. The van der Waals surface area contributed by atoms with Gasteiger partial charge in [0.2, 0.25) is 3.79 Å². The van der Waals surface area contributed by atoms with E-state index in [0.717, 1.165) is 36.0 Å². The molecule has 2 aliphatic heterocycles. The lowest BCUT2D eigenvalue weighted by Crippen LogP contribution is -2.51. The van der Waals surface area contributed by atoms with E-state index in [1.807, 2.05) is 18.2 Å². The topological polar surface area (TPSA) is 72.9 Å². The number of amides is 1. The molecule has 2 aromatic rings. The molecule has 0 bridgehead atoms. The lowest BCUT2D eigenvalue weighted by Gasteiger charge is -2.44. The van der Waals surface area contributed by atoms with Gasteiger partial charge in [-0.1, -0.05) is 53.0 Å². The molecule has 1 saturated heterocycles. The molecule has 0 unspecified atom stereocenters. The molecule has 0 radical (unpaired) electrons. The standard InChI is InChI=1S/C24H25Cl3FNO5S/c1-35(31,32)14-19-3-2-17(13-20(19)28)16-4-5-21-18(12-16)6-7-23(34-21)8-10-29(11-9-23)22(30)33-15-24(25,26)27/h2-5,12-13H,6-11,14-15H2,1H3. The number of alkyl halides is 3. The summed E-state index contributed by atoms with van der Waals surface area (Å²) >= 11 is 16.9. The minimum atomic E-state index is -3.32. The molecule has 6 nitrogen and oxygen atoms in total. The van der Waals surface area contributed by atoms with Gasteiger partial charge in [0.1, 0.15) is 23.8 Å². The first-order chi connectivity index (χ1) is 16.3. The summed E-state index contributed by atoms with van der Waals surface area (Å²) in [6, 6.07) is 10.3. The predicted octanol–water partition coefficient (Wildman–Crippen LogP) is 5.70. The van der Waals surface area contributed by atoms with Crippen molar-refractivity contribution < 1.29 is 27.1 Å². The molecule has 1 spiro atoms. The van der Waals surface area contributed by atoms with Crippen molar-refractivity contribution >= 4 is 50.7 Å². The average Bonchev–Trinajstić information content (AvgIpc) is 2.78. The van der Waals surface area contributed by atoms with E-state index < -0.39 is 25.5 Å². The van der Waals surface area contributed by atoms with Gasteiger partial charge in [-0.25, -0.2) is 17.6 Å². The van der Waals surface area contributed by atoms with Gasteiger partial charge in [0.15, 0.2) is 9.84 Å². The van der Waals surface area contributed by atoms with E-state index in [2.05, 4.69) is 0 Å². The van der Waals surface area contributed by atoms with Crippen LogP contribution in [0.3, 0.4) is 0 Å². The van der Waals surface area contributed by atoms with Crippen molar-refractivity contribution in [2.75, 3.05) is 26.0 Å². The maximum absolute atomic E-state index is 14.5. The van der Waals surface area contributed by atoms with Crippen molar-refractivity contribution in [1.82, 2.24) is 4.90 Å². The number of carbonyl (C=O) groups excluding carboxylic acids is 1. The van der Waals surface area contributed by atoms with Crippen molar-refractivity contribution in [2.45, 2.75) is 40.8 Å². The lowest BCUT2D eigenvalue weighted by atomic mass is 9.82. The zero-order chi connectivity index (χ0) is 25.4. The molecule has 4 rings (SSSR count). The molecule has 0 aliphatic carbocycles. The van der Waals surface area contributed by atoms with Crippen LogP contribution >= 0.6 is 34.8 Å². The normalized spacial score (nSPS) is 17.6. The number of halogens is 4. The lowest BCUT2D eigenvalue weighted by molar-refractivity contribution is -0.0141. The Balaban J connectivity index is 1.41. The summed E-state index contributed by atoms with van der Waals surface area (Å²) < 4.78 is 47.3. The number of benzene rings is 2. The fraction of sp³-hybridized carbons (Fsp3) is 0.458. The Bertz CT molecular complexity index is 1220. The molecule has 2 aliphatic rings. The van der Waals surface area contributed by atoms with E-state index in [-0.39, 0.29) is 23.5 Å². The van der Waals surface area contributed by atoms with Gasteiger partial charge in [0.25, 0.3) is 0 Å². The third-order valence-corrected chi connectivity index (χ3v) is 7.50. The zero-order valence-electron chi connectivity index (χ0n) is 19.0. The Morgan fingerprint density at radius 3 is 2.40 bits per heavy atom. The summed E-state index contributed by atoms with van der Waals surface area (Å²) in [5.74, 6) is -0.0947. The maximum Gasteiger partial charge on any atom is 0.409 e. The second-order valence-corrected chi connectivity index (χ2v) is 13.8. The number of nitrogens with zero attached hydrogens (tertiary/aromatic N) is 1. The smallest absolute Gasteiger partial charge is 0.409 e. The fourth-order valence-corrected chi connectivity index (χ4v) is 5.47. The highest BCUT2D eigenvalue weighted by Crippen LogP contribution is 2.41. The van der Waals surface area contributed by atoms with E-state index in [1.165, 1.54) is 12.1 Å². The van der Waals surface area contributed by atoms with Gasteiger partial charge in [-0.15, -0.1) is 0 Å². The molecule has 0 saturated carbocycles. The van der Waals surface area contributed by atoms with Gasteiger partial charge in [0, 0.05) is 37.8 Å². The van der Waals surface area contributed by atoms with Crippen molar-refractivity contribution in [3.8, 4) is 16.9 Å². The van der Waals surface area contributed by atoms with Crippen LogP contribution in [0.25, 0.3) is 11.1 Å². The van der Waals surface area contributed by atoms with E-state index in [1.54, 1.807) is 11.0 Å². The number of piperidine rings is 1. The van der Waals surface area contributed by atoms with Gasteiger partial charge >= 0.3 is 6.09 Å². The highest BCUT2D eigenvalue weighted by molar-refractivity contribution is 7.89. The summed E-state index contributed by atoms with van der Waals surface area (Å²) in [4.78, 5) is 13.8. The van der Waals surface area contributed by atoms with E-state index in [4.69, 9.17) is 44.3 Å². The van der Waals surface area contributed by atoms with Crippen LogP contribution in [0.15, 0.2) is 36.4 Å². The largest absolute Gasteiger partial charge is 0.487 e. The molecule has 1 amide bonds. The number of aryl methyl sites for hydroxylation is 1.